The summed E-state index contributed by atoms with van der Waals surface area (Å²) in [5, 5.41) is 0. The van der Waals surface area contributed by atoms with E-state index in [1.807, 2.05) is 19.0 Å². The van der Waals surface area contributed by atoms with Crippen molar-refractivity contribution in [2.75, 3.05) is 19.0 Å². The van der Waals surface area contributed by atoms with Crippen molar-refractivity contribution in [3.8, 4) is 5.75 Å². The molecule has 4 heteroatoms. The highest BCUT2D eigenvalue weighted by Crippen LogP contribution is 2.34. The van der Waals surface area contributed by atoms with Crippen LogP contribution in [0, 0.1) is 0 Å². The molecule has 0 bridgehead atoms. The van der Waals surface area contributed by atoms with Gasteiger partial charge in [0.2, 0.25) is 0 Å². The third-order valence-corrected chi connectivity index (χ3v) is 2.44. The number of hydrogen-bond donors (Lipinski definition) is 1. The summed E-state index contributed by atoms with van der Waals surface area (Å²) in [5.41, 5.74) is 7.76. The van der Waals surface area contributed by atoms with Crippen LogP contribution in [-0.2, 0) is 6.54 Å². The van der Waals surface area contributed by atoms with E-state index in [-0.39, 0.29) is 0 Å². The van der Waals surface area contributed by atoms with E-state index in [0.717, 1.165) is 29.8 Å². The van der Waals surface area contributed by atoms with Gasteiger partial charge in [-0.1, -0.05) is 0 Å². The zero-order valence-corrected chi connectivity index (χ0v) is 9.23. The summed E-state index contributed by atoms with van der Waals surface area (Å²) in [7, 11) is 3.99. The molecule has 0 aliphatic heterocycles. The lowest BCUT2D eigenvalue weighted by Crippen LogP contribution is -2.15. The number of hydrogen-bond acceptors (Lipinski definition) is 4. The predicted octanol–water partition coefficient (Wildman–Crippen LogP) is 1.15. The van der Waals surface area contributed by atoms with Crippen LogP contribution in [0.1, 0.15) is 18.4 Å². The SMILES string of the molecule is CN(C)c1c(CN)cncc1OC1CC1. The summed E-state index contributed by atoms with van der Waals surface area (Å²) < 4.78 is 5.80. The second-order valence-electron chi connectivity index (χ2n) is 4.06. The van der Waals surface area contributed by atoms with Crippen molar-refractivity contribution in [2.24, 2.45) is 5.73 Å². The van der Waals surface area contributed by atoms with Crippen LogP contribution in [0.5, 0.6) is 5.75 Å². The van der Waals surface area contributed by atoms with Gasteiger partial charge in [0.1, 0.15) is 0 Å². The molecule has 0 aromatic carbocycles. The summed E-state index contributed by atoms with van der Waals surface area (Å²) in [5.74, 6) is 0.852. The average molecular weight is 207 g/mol. The van der Waals surface area contributed by atoms with Crippen LogP contribution >= 0.6 is 0 Å². The first-order chi connectivity index (χ1) is 7.22. The molecule has 4 nitrogen and oxygen atoms in total. The van der Waals surface area contributed by atoms with Gasteiger partial charge in [0.15, 0.2) is 5.75 Å². The number of anilines is 1. The van der Waals surface area contributed by atoms with Gasteiger partial charge < -0.3 is 15.4 Å². The Hall–Kier alpha value is -1.29. The third kappa shape index (κ3) is 2.21. The maximum absolute atomic E-state index is 5.80. The minimum absolute atomic E-state index is 0.388. The highest BCUT2D eigenvalue weighted by atomic mass is 16.5. The van der Waals surface area contributed by atoms with E-state index in [1.165, 1.54) is 0 Å². The van der Waals surface area contributed by atoms with E-state index < -0.39 is 0 Å². The minimum atomic E-state index is 0.388. The highest BCUT2D eigenvalue weighted by Gasteiger charge is 2.25. The molecule has 82 valence electrons. The van der Waals surface area contributed by atoms with Crippen LogP contribution in [0.3, 0.4) is 0 Å². The van der Waals surface area contributed by atoms with E-state index in [2.05, 4.69) is 4.98 Å². The first kappa shape index (κ1) is 10.2. The van der Waals surface area contributed by atoms with Crippen molar-refractivity contribution in [2.45, 2.75) is 25.5 Å². The van der Waals surface area contributed by atoms with Crippen LogP contribution < -0.4 is 15.4 Å². The van der Waals surface area contributed by atoms with Crippen molar-refractivity contribution in [3.05, 3.63) is 18.0 Å². The fraction of sp³-hybridized carbons (Fsp3) is 0.545. The molecule has 0 unspecified atom stereocenters. The maximum Gasteiger partial charge on any atom is 0.161 e. The van der Waals surface area contributed by atoms with E-state index >= 15 is 0 Å². The largest absolute Gasteiger partial charge is 0.487 e. The second kappa shape index (κ2) is 4.06. The third-order valence-electron chi connectivity index (χ3n) is 2.44. The van der Waals surface area contributed by atoms with Crippen LogP contribution in [0.4, 0.5) is 5.69 Å². The normalized spacial score (nSPS) is 15.1. The van der Waals surface area contributed by atoms with Gasteiger partial charge >= 0.3 is 0 Å². The number of nitrogens with zero attached hydrogens (tertiary/aromatic N) is 2. The fourth-order valence-corrected chi connectivity index (χ4v) is 1.58. The van der Waals surface area contributed by atoms with E-state index in [1.54, 1.807) is 12.4 Å². The quantitative estimate of drug-likeness (QED) is 0.804. The number of pyridine rings is 1. The van der Waals surface area contributed by atoms with Gasteiger partial charge in [-0.3, -0.25) is 4.98 Å². The molecule has 0 atom stereocenters. The molecule has 1 saturated carbocycles. The summed E-state index contributed by atoms with van der Waals surface area (Å²) in [6, 6.07) is 0. The van der Waals surface area contributed by atoms with Crippen molar-refractivity contribution < 1.29 is 4.74 Å². The van der Waals surface area contributed by atoms with Gasteiger partial charge in [-0.05, 0) is 12.8 Å². The molecule has 1 aliphatic carbocycles. The molecular formula is C11H17N3O. The lowest BCUT2D eigenvalue weighted by atomic mass is 10.2. The molecule has 0 radical (unpaired) electrons. The van der Waals surface area contributed by atoms with Crippen LogP contribution in [0.25, 0.3) is 0 Å². The van der Waals surface area contributed by atoms with Crippen molar-refractivity contribution in [1.29, 1.82) is 0 Å². The Morgan fingerprint density at radius 2 is 2.20 bits per heavy atom. The number of ether oxygens (including phenoxy) is 1. The molecule has 0 saturated heterocycles. The summed E-state index contributed by atoms with van der Waals surface area (Å²) in [6.45, 7) is 0.488. The van der Waals surface area contributed by atoms with Gasteiger partial charge in [-0.2, -0.15) is 0 Å². The smallest absolute Gasteiger partial charge is 0.161 e. The monoisotopic (exact) mass is 207 g/mol. The topological polar surface area (TPSA) is 51.4 Å². The van der Waals surface area contributed by atoms with Gasteiger partial charge in [0.05, 0.1) is 18.0 Å². The van der Waals surface area contributed by atoms with Crippen molar-refractivity contribution >= 4 is 5.69 Å². The van der Waals surface area contributed by atoms with Gasteiger partial charge in [0, 0.05) is 32.4 Å². The minimum Gasteiger partial charge on any atom is -0.487 e. The first-order valence-electron chi connectivity index (χ1n) is 5.23. The summed E-state index contributed by atoms with van der Waals surface area (Å²) in [6.07, 6.45) is 6.26. The number of nitrogens with two attached hydrogens (primary N) is 1. The molecule has 1 aromatic heterocycles. The van der Waals surface area contributed by atoms with Gasteiger partial charge in [0.25, 0.3) is 0 Å². The maximum atomic E-state index is 5.80. The van der Waals surface area contributed by atoms with Crippen LogP contribution in [-0.4, -0.2) is 25.2 Å². The molecule has 1 fully saturated rings. The number of rotatable bonds is 4. The Kier molecular flexibility index (Phi) is 2.77. The number of aromatic nitrogens is 1. The molecular weight excluding hydrogens is 190 g/mol. The molecule has 15 heavy (non-hydrogen) atoms. The van der Waals surface area contributed by atoms with Crippen LogP contribution in [0.15, 0.2) is 12.4 Å². The zero-order valence-electron chi connectivity index (χ0n) is 9.23. The molecule has 1 heterocycles. The lowest BCUT2D eigenvalue weighted by molar-refractivity contribution is 0.302. The Bertz CT molecular complexity index is 348. The summed E-state index contributed by atoms with van der Waals surface area (Å²) in [4.78, 5) is 6.18. The van der Waals surface area contributed by atoms with Crippen LogP contribution in [0.2, 0.25) is 0 Å². The zero-order chi connectivity index (χ0) is 10.8. The Morgan fingerprint density at radius 1 is 1.47 bits per heavy atom. The van der Waals surface area contributed by atoms with Gasteiger partial charge in [-0.15, -0.1) is 0 Å². The second-order valence-corrected chi connectivity index (χ2v) is 4.06. The van der Waals surface area contributed by atoms with E-state index in [9.17, 15) is 0 Å². The van der Waals surface area contributed by atoms with Crippen molar-refractivity contribution in [3.63, 3.8) is 0 Å². The molecule has 1 aromatic rings. The van der Waals surface area contributed by atoms with Crippen molar-refractivity contribution in [1.82, 2.24) is 4.98 Å². The average Bonchev–Trinajstić information content (AvgIpc) is 3.01. The fourth-order valence-electron chi connectivity index (χ4n) is 1.58. The van der Waals surface area contributed by atoms with E-state index in [0.29, 0.717) is 12.6 Å². The highest BCUT2D eigenvalue weighted by molar-refractivity contribution is 5.61. The van der Waals surface area contributed by atoms with Gasteiger partial charge in [-0.25, -0.2) is 0 Å². The van der Waals surface area contributed by atoms with E-state index in [4.69, 9.17) is 10.5 Å². The first-order valence-corrected chi connectivity index (χ1v) is 5.23. The molecule has 2 N–H and O–H groups in total. The Labute approximate surface area is 90.0 Å². The molecule has 2 rings (SSSR count). The molecule has 0 spiro atoms. The lowest BCUT2D eigenvalue weighted by Gasteiger charge is -2.20. The molecule has 1 aliphatic rings. The molecule has 0 amide bonds. The standard InChI is InChI=1S/C11H17N3O/c1-14(2)11-8(5-12)6-13-7-10(11)15-9-3-4-9/h6-7,9H,3-5,12H2,1-2H3. The Balaban J connectivity index is 2.32. The summed E-state index contributed by atoms with van der Waals surface area (Å²) >= 11 is 0. The predicted molar refractivity (Wildman–Crippen MR) is 60.1 cm³/mol. The Morgan fingerprint density at radius 3 is 2.73 bits per heavy atom.